The van der Waals surface area contributed by atoms with Gasteiger partial charge in [-0.1, -0.05) is 31.9 Å². The van der Waals surface area contributed by atoms with Crippen molar-refractivity contribution >= 4 is 5.97 Å². The van der Waals surface area contributed by atoms with Gasteiger partial charge in [-0.3, -0.25) is 4.79 Å². The summed E-state index contributed by atoms with van der Waals surface area (Å²) in [6.07, 6.45) is 13.6. The number of nitrogens with zero attached hydrogens (tertiary/aromatic N) is 1. The number of methoxy groups -OCH3 is 1. The SMILES string of the molecule is C=C1CC[C@@H]2[C@](C)(CCC[C@]2(C)C(=O)OC)[C@H]1CCC1CCOC1CN1CCCCC1. The Balaban J connectivity index is 1.43. The van der Waals surface area contributed by atoms with Crippen LogP contribution in [-0.2, 0) is 14.3 Å². The highest BCUT2D eigenvalue weighted by Gasteiger charge is 2.57. The molecule has 0 N–H and O–H groups in total. The lowest BCUT2D eigenvalue weighted by Crippen LogP contribution is -2.53. The van der Waals surface area contributed by atoms with Crippen molar-refractivity contribution in [3.05, 3.63) is 12.2 Å². The highest BCUT2D eigenvalue weighted by molar-refractivity contribution is 5.77. The van der Waals surface area contributed by atoms with Gasteiger partial charge in [0.05, 0.1) is 18.6 Å². The molecule has 4 aliphatic rings. The smallest absolute Gasteiger partial charge is 0.311 e. The van der Waals surface area contributed by atoms with Gasteiger partial charge < -0.3 is 14.4 Å². The number of fused-ring (bicyclic) bond motifs is 1. The fourth-order valence-electron chi connectivity index (χ4n) is 7.96. The lowest BCUT2D eigenvalue weighted by Gasteiger charge is -2.57. The summed E-state index contributed by atoms with van der Waals surface area (Å²) < 4.78 is 11.5. The van der Waals surface area contributed by atoms with Crippen molar-refractivity contribution in [1.82, 2.24) is 4.90 Å². The number of hydrogen-bond acceptors (Lipinski definition) is 4. The lowest BCUT2D eigenvalue weighted by molar-refractivity contribution is -0.168. The molecule has 2 saturated carbocycles. The third-order valence-corrected chi connectivity index (χ3v) is 9.73. The molecule has 31 heavy (non-hydrogen) atoms. The average molecular weight is 432 g/mol. The van der Waals surface area contributed by atoms with Crippen LogP contribution in [0.4, 0.5) is 0 Å². The number of ether oxygens (including phenoxy) is 2. The minimum atomic E-state index is -0.339. The van der Waals surface area contributed by atoms with Gasteiger partial charge >= 0.3 is 5.97 Å². The van der Waals surface area contributed by atoms with Gasteiger partial charge in [0.25, 0.3) is 0 Å². The van der Waals surface area contributed by atoms with E-state index in [0.29, 0.717) is 23.9 Å². The molecule has 0 aromatic carbocycles. The summed E-state index contributed by atoms with van der Waals surface area (Å²) in [6, 6.07) is 0. The Morgan fingerprint density at radius 1 is 1.13 bits per heavy atom. The maximum absolute atomic E-state index is 12.8. The molecule has 4 nitrogen and oxygen atoms in total. The molecule has 2 unspecified atom stereocenters. The molecule has 0 radical (unpaired) electrons. The molecular weight excluding hydrogens is 386 g/mol. The average Bonchev–Trinajstić information content (AvgIpc) is 3.20. The number of hydrogen-bond donors (Lipinski definition) is 0. The second kappa shape index (κ2) is 9.55. The summed E-state index contributed by atoms with van der Waals surface area (Å²) in [4.78, 5) is 15.4. The number of piperidine rings is 1. The topological polar surface area (TPSA) is 38.8 Å². The summed E-state index contributed by atoms with van der Waals surface area (Å²) in [7, 11) is 1.56. The van der Waals surface area contributed by atoms with Crippen LogP contribution in [0.1, 0.15) is 84.5 Å². The monoisotopic (exact) mass is 431 g/mol. The molecule has 2 aliphatic heterocycles. The van der Waals surface area contributed by atoms with Gasteiger partial charge in [0, 0.05) is 13.2 Å². The molecule has 0 aromatic heterocycles. The van der Waals surface area contributed by atoms with E-state index in [1.54, 1.807) is 7.11 Å². The molecule has 4 heteroatoms. The van der Waals surface area contributed by atoms with E-state index in [2.05, 4.69) is 25.3 Å². The Morgan fingerprint density at radius 3 is 2.65 bits per heavy atom. The van der Waals surface area contributed by atoms with Crippen LogP contribution in [0.2, 0.25) is 0 Å². The van der Waals surface area contributed by atoms with Crippen LogP contribution in [0.5, 0.6) is 0 Å². The van der Waals surface area contributed by atoms with Crippen molar-refractivity contribution in [2.45, 2.75) is 90.6 Å². The molecule has 4 rings (SSSR count). The highest BCUT2D eigenvalue weighted by Crippen LogP contribution is 2.62. The van der Waals surface area contributed by atoms with Crippen LogP contribution >= 0.6 is 0 Å². The summed E-state index contributed by atoms with van der Waals surface area (Å²) in [6.45, 7) is 13.7. The predicted octanol–water partition coefficient (Wildman–Crippen LogP) is 5.61. The molecule has 0 bridgehead atoms. The van der Waals surface area contributed by atoms with Crippen LogP contribution < -0.4 is 0 Å². The Hall–Kier alpha value is -0.870. The highest BCUT2D eigenvalue weighted by atomic mass is 16.5. The van der Waals surface area contributed by atoms with E-state index in [-0.39, 0.29) is 16.8 Å². The molecule has 2 aliphatic carbocycles. The van der Waals surface area contributed by atoms with Gasteiger partial charge in [-0.15, -0.1) is 0 Å². The first kappa shape index (κ1) is 23.3. The van der Waals surface area contributed by atoms with Crippen LogP contribution in [0.15, 0.2) is 12.2 Å². The second-order valence-corrected chi connectivity index (χ2v) is 11.5. The Kier molecular flexibility index (Phi) is 7.18. The van der Waals surface area contributed by atoms with E-state index >= 15 is 0 Å². The van der Waals surface area contributed by atoms with E-state index in [0.717, 1.165) is 38.8 Å². The number of rotatable bonds is 6. The van der Waals surface area contributed by atoms with Crippen molar-refractivity contribution < 1.29 is 14.3 Å². The fraction of sp³-hybridized carbons (Fsp3) is 0.889. The first-order valence-corrected chi connectivity index (χ1v) is 13.0. The largest absolute Gasteiger partial charge is 0.469 e. The zero-order valence-electron chi connectivity index (χ0n) is 20.3. The van der Waals surface area contributed by atoms with Crippen molar-refractivity contribution in [3.63, 3.8) is 0 Å². The van der Waals surface area contributed by atoms with E-state index in [4.69, 9.17) is 9.47 Å². The number of esters is 1. The third kappa shape index (κ3) is 4.49. The molecule has 0 amide bonds. The standard InChI is InChI=1S/C27H45NO3/c1-20-9-12-24-26(2,14-8-15-27(24,3)25(29)30-4)22(20)11-10-21-13-18-31-23(21)19-28-16-6-5-7-17-28/h21-24H,1,5-19H2,2-4H3/t21?,22-,23?,24+,26+,27-/m0/s1. The molecule has 2 heterocycles. The molecule has 6 atom stereocenters. The first-order valence-electron chi connectivity index (χ1n) is 13.0. The summed E-state index contributed by atoms with van der Waals surface area (Å²) in [5.74, 6) is 1.60. The van der Waals surface area contributed by atoms with Gasteiger partial charge in [0.15, 0.2) is 0 Å². The minimum absolute atomic E-state index is 0.000440. The molecular formula is C27H45NO3. The zero-order chi connectivity index (χ0) is 22.1. The molecule has 4 fully saturated rings. The number of allylic oxidation sites excluding steroid dienone is 1. The fourth-order valence-corrected chi connectivity index (χ4v) is 7.96. The second-order valence-electron chi connectivity index (χ2n) is 11.5. The molecule has 0 aromatic rings. The number of carbonyl (C=O) groups excluding carboxylic acids is 1. The number of likely N-dealkylation sites (tertiary alicyclic amines) is 1. The van der Waals surface area contributed by atoms with E-state index in [1.165, 1.54) is 63.6 Å². The zero-order valence-corrected chi connectivity index (χ0v) is 20.3. The van der Waals surface area contributed by atoms with Crippen LogP contribution in [-0.4, -0.2) is 50.3 Å². The minimum Gasteiger partial charge on any atom is -0.469 e. The summed E-state index contributed by atoms with van der Waals surface area (Å²) in [5, 5.41) is 0. The summed E-state index contributed by atoms with van der Waals surface area (Å²) in [5.41, 5.74) is 1.26. The molecule has 176 valence electrons. The lowest BCUT2D eigenvalue weighted by atomic mass is 9.46. The van der Waals surface area contributed by atoms with E-state index < -0.39 is 0 Å². The normalized spacial score (nSPS) is 41.7. The van der Waals surface area contributed by atoms with Crippen LogP contribution in [0.3, 0.4) is 0 Å². The van der Waals surface area contributed by atoms with Crippen LogP contribution in [0.25, 0.3) is 0 Å². The van der Waals surface area contributed by atoms with Crippen LogP contribution in [0, 0.1) is 28.6 Å². The summed E-state index contributed by atoms with van der Waals surface area (Å²) >= 11 is 0. The Bertz CT molecular complexity index is 657. The maximum Gasteiger partial charge on any atom is 0.311 e. The van der Waals surface area contributed by atoms with E-state index in [1.807, 2.05) is 0 Å². The van der Waals surface area contributed by atoms with Crippen molar-refractivity contribution in [3.8, 4) is 0 Å². The maximum atomic E-state index is 12.8. The third-order valence-electron chi connectivity index (χ3n) is 9.73. The van der Waals surface area contributed by atoms with Crippen molar-refractivity contribution in [1.29, 1.82) is 0 Å². The van der Waals surface area contributed by atoms with Gasteiger partial charge in [-0.05, 0) is 101 Å². The van der Waals surface area contributed by atoms with Gasteiger partial charge in [0.1, 0.15) is 0 Å². The Morgan fingerprint density at radius 2 is 1.90 bits per heavy atom. The molecule has 2 saturated heterocycles. The first-order chi connectivity index (χ1) is 14.9. The number of carbonyl (C=O) groups is 1. The predicted molar refractivity (Wildman–Crippen MR) is 125 cm³/mol. The van der Waals surface area contributed by atoms with Crippen molar-refractivity contribution in [2.24, 2.45) is 28.6 Å². The Labute approximate surface area is 190 Å². The van der Waals surface area contributed by atoms with Gasteiger partial charge in [-0.2, -0.15) is 0 Å². The van der Waals surface area contributed by atoms with Crippen molar-refractivity contribution in [2.75, 3.05) is 33.4 Å². The van der Waals surface area contributed by atoms with Gasteiger partial charge in [0.2, 0.25) is 0 Å². The van der Waals surface area contributed by atoms with Gasteiger partial charge in [-0.25, -0.2) is 0 Å². The molecule has 0 spiro atoms. The quantitative estimate of drug-likeness (QED) is 0.405. The van der Waals surface area contributed by atoms with E-state index in [9.17, 15) is 4.79 Å².